The lowest BCUT2D eigenvalue weighted by Crippen LogP contribution is -2.55. The Hall–Kier alpha value is -4.70. The number of hydrogen-bond acceptors (Lipinski definition) is 5. The van der Waals surface area contributed by atoms with Crippen LogP contribution in [0, 0.1) is 5.82 Å². The van der Waals surface area contributed by atoms with E-state index in [9.17, 15) is 22.4 Å². The molecule has 4 aromatic carbocycles. The molecule has 0 radical (unpaired) electrons. The third-order valence-electron chi connectivity index (χ3n) is 8.43. The molecule has 1 N–H and O–H groups in total. The van der Waals surface area contributed by atoms with E-state index >= 15 is 0 Å². The Labute approximate surface area is 276 Å². The minimum Gasteiger partial charge on any atom is -0.497 e. The van der Waals surface area contributed by atoms with E-state index in [1.165, 1.54) is 17.0 Å². The van der Waals surface area contributed by atoms with Gasteiger partial charge in [0.05, 0.1) is 17.7 Å². The van der Waals surface area contributed by atoms with Crippen molar-refractivity contribution in [2.75, 3.05) is 18.0 Å². The van der Waals surface area contributed by atoms with E-state index in [0.29, 0.717) is 11.3 Å². The van der Waals surface area contributed by atoms with E-state index < -0.39 is 34.3 Å². The van der Waals surface area contributed by atoms with Crippen LogP contribution in [0.25, 0.3) is 0 Å². The van der Waals surface area contributed by atoms with Crippen LogP contribution < -0.4 is 14.4 Å². The number of carbonyl (C=O) groups is 2. The minimum absolute atomic E-state index is 0.00275. The summed E-state index contributed by atoms with van der Waals surface area (Å²) < 4.78 is 48.3. The van der Waals surface area contributed by atoms with E-state index in [0.717, 1.165) is 54.1 Å². The number of ether oxygens (including phenoxy) is 1. The van der Waals surface area contributed by atoms with E-state index in [2.05, 4.69) is 5.32 Å². The van der Waals surface area contributed by atoms with Crippen molar-refractivity contribution in [1.82, 2.24) is 10.2 Å². The number of hydrogen-bond donors (Lipinski definition) is 1. The van der Waals surface area contributed by atoms with Crippen LogP contribution in [-0.2, 0) is 32.6 Å². The highest BCUT2D eigenvalue weighted by Gasteiger charge is 2.35. The number of sulfonamides is 1. The average molecular weight is 658 g/mol. The van der Waals surface area contributed by atoms with Crippen molar-refractivity contribution in [2.45, 2.75) is 62.0 Å². The van der Waals surface area contributed by atoms with Gasteiger partial charge in [0.15, 0.2) is 0 Å². The van der Waals surface area contributed by atoms with Crippen molar-refractivity contribution in [1.29, 1.82) is 0 Å². The molecule has 1 fully saturated rings. The largest absolute Gasteiger partial charge is 0.497 e. The number of nitrogens with one attached hydrogen (secondary N) is 1. The van der Waals surface area contributed by atoms with Crippen LogP contribution in [0.2, 0.25) is 0 Å². The number of halogens is 1. The number of carbonyl (C=O) groups excluding carboxylic acids is 2. The minimum atomic E-state index is -4.31. The van der Waals surface area contributed by atoms with Crippen LogP contribution in [-0.4, -0.2) is 50.9 Å². The van der Waals surface area contributed by atoms with E-state index in [4.69, 9.17) is 4.74 Å². The molecule has 1 saturated carbocycles. The molecule has 8 nitrogen and oxygen atoms in total. The first-order chi connectivity index (χ1) is 22.7. The maximum absolute atomic E-state index is 14.6. The molecule has 0 bridgehead atoms. The normalized spacial score (nSPS) is 14.2. The molecule has 47 heavy (non-hydrogen) atoms. The monoisotopic (exact) mass is 657 g/mol. The van der Waals surface area contributed by atoms with E-state index in [-0.39, 0.29) is 35.5 Å². The molecule has 0 spiro atoms. The summed E-state index contributed by atoms with van der Waals surface area (Å²) >= 11 is 0. The molecule has 0 heterocycles. The second kappa shape index (κ2) is 15.7. The van der Waals surface area contributed by atoms with Gasteiger partial charge in [-0.3, -0.25) is 13.9 Å². The molecule has 1 aliphatic rings. The van der Waals surface area contributed by atoms with E-state index in [1.54, 1.807) is 55.6 Å². The molecular weight excluding hydrogens is 617 g/mol. The number of methoxy groups -OCH3 is 1. The summed E-state index contributed by atoms with van der Waals surface area (Å²) in [5, 5.41) is 3.20. The standard InChI is InChI=1S/C37H40FN3O5S/c1-46-33-19-11-14-29(24-33)26-40(35(25-28-12-5-2-6-13-28)37(43)39-31-15-7-3-8-16-31)36(42)27-41(32-17-9-4-10-18-32)47(44,45)34-22-20-30(38)21-23-34/h2,4-6,9-14,17-24,31,35H,3,7-8,15-16,25-27H2,1H3,(H,39,43). The van der Waals surface area contributed by atoms with Gasteiger partial charge in [0.25, 0.3) is 10.0 Å². The Morgan fingerprint density at radius 1 is 0.851 bits per heavy atom. The first-order valence-electron chi connectivity index (χ1n) is 15.8. The summed E-state index contributed by atoms with van der Waals surface area (Å²) in [5.74, 6) is -0.846. The van der Waals surface area contributed by atoms with Crippen molar-refractivity contribution >= 4 is 27.5 Å². The fourth-order valence-electron chi connectivity index (χ4n) is 5.92. The molecule has 1 atom stereocenters. The Morgan fingerprint density at radius 3 is 2.15 bits per heavy atom. The van der Waals surface area contributed by atoms with Gasteiger partial charge in [0.2, 0.25) is 11.8 Å². The summed E-state index contributed by atoms with van der Waals surface area (Å²) in [4.78, 5) is 30.1. The smallest absolute Gasteiger partial charge is 0.264 e. The zero-order chi connectivity index (χ0) is 33.2. The lowest BCUT2D eigenvalue weighted by atomic mass is 9.94. The number of benzene rings is 4. The molecule has 1 unspecified atom stereocenters. The van der Waals surface area contributed by atoms with Gasteiger partial charge in [-0.1, -0.05) is 79.9 Å². The van der Waals surface area contributed by atoms with Crippen molar-refractivity contribution < 1.29 is 27.1 Å². The lowest BCUT2D eigenvalue weighted by molar-refractivity contribution is -0.140. The quantitative estimate of drug-likeness (QED) is 0.187. The van der Waals surface area contributed by atoms with Crippen LogP contribution in [0.3, 0.4) is 0 Å². The third kappa shape index (κ3) is 8.77. The predicted octanol–water partition coefficient (Wildman–Crippen LogP) is 6.12. The highest BCUT2D eigenvalue weighted by Crippen LogP contribution is 2.26. The summed E-state index contributed by atoms with van der Waals surface area (Å²) in [6.07, 6.45) is 5.13. The van der Waals surface area contributed by atoms with Crippen molar-refractivity contribution in [3.63, 3.8) is 0 Å². The molecule has 1 aliphatic carbocycles. The number of anilines is 1. The molecule has 0 aromatic heterocycles. The van der Waals surface area contributed by atoms with Gasteiger partial charge in [0, 0.05) is 19.0 Å². The zero-order valence-corrected chi connectivity index (χ0v) is 27.2. The van der Waals surface area contributed by atoms with Crippen LogP contribution in [0.4, 0.5) is 10.1 Å². The van der Waals surface area contributed by atoms with Crippen LogP contribution in [0.5, 0.6) is 5.75 Å². The first kappa shape index (κ1) is 33.7. The molecule has 246 valence electrons. The molecule has 2 amide bonds. The number of nitrogens with zero attached hydrogens (tertiary/aromatic N) is 2. The topological polar surface area (TPSA) is 96.0 Å². The third-order valence-corrected chi connectivity index (χ3v) is 10.2. The summed E-state index contributed by atoms with van der Waals surface area (Å²) in [5.41, 5.74) is 1.84. The van der Waals surface area contributed by atoms with Crippen molar-refractivity contribution in [3.8, 4) is 5.75 Å². The second-order valence-electron chi connectivity index (χ2n) is 11.7. The number of rotatable bonds is 13. The molecule has 0 saturated heterocycles. The molecule has 4 aromatic rings. The van der Waals surface area contributed by atoms with Crippen molar-refractivity contribution in [2.24, 2.45) is 0 Å². The molecule has 10 heteroatoms. The molecule has 5 rings (SSSR count). The Kier molecular flexibility index (Phi) is 11.3. The SMILES string of the molecule is COc1cccc(CN(C(=O)CN(c2ccccc2)S(=O)(=O)c2ccc(F)cc2)C(Cc2ccccc2)C(=O)NC2CCCCC2)c1. The Bertz CT molecular complexity index is 1730. The maximum atomic E-state index is 14.6. The second-order valence-corrected chi connectivity index (χ2v) is 13.6. The summed E-state index contributed by atoms with van der Waals surface area (Å²) in [7, 11) is -2.76. The van der Waals surface area contributed by atoms with Crippen LogP contribution in [0.1, 0.15) is 43.2 Å². The highest BCUT2D eigenvalue weighted by atomic mass is 32.2. The summed E-state index contributed by atoms with van der Waals surface area (Å²) in [6, 6.07) is 28.5. The van der Waals surface area contributed by atoms with Gasteiger partial charge in [0.1, 0.15) is 24.2 Å². The van der Waals surface area contributed by atoms with E-state index in [1.807, 2.05) is 36.4 Å². The maximum Gasteiger partial charge on any atom is 0.264 e. The van der Waals surface area contributed by atoms with Gasteiger partial charge in [-0.05, 0) is 72.5 Å². The Morgan fingerprint density at radius 2 is 1.49 bits per heavy atom. The number of para-hydroxylation sites is 1. The fraction of sp³-hybridized carbons (Fsp3) is 0.297. The lowest BCUT2D eigenvalue weighted by Gasteiger charge is -2.35. The predicted molar refractivity (Wildman–Crippen MR) is 180 cm³/mol. The zero-order valence-electron chi connectivity index (χ0n) is 26.4. The number of amides is 2. The van der Waals surface area contributed by atoms with Gasteiger partial charge in [-0.15, -0.1) is 0 Å². The van der Waals surface area contributed by atoms with Crippen LogP contribution >= 0.6 is 0 Å². The first-order valence-corrected chi connectivity index (χ1v) is 17.3. The van der Waals surface area contributed by atoms with Crippen LogP contribution in [0.15, 0.2) is 114 Å². The molecular formula is C37H40FN3O5S. The Balaban J connectivity index is 1.56. The van der Waals surface area contributed by atoms with Gasteiger partial charge in [-0.2, -0.15) is 0 Å². The molecule has 0 aliphatic heterocycles. The van der Waals surface area contributed by atoms with Crippen molar-refractivity contribution in [3.05, 3.63) is 126 Å². The van der Waals surface area contributed by atoms with Gasteiger partial charge in [-0.25, -0.2) is 12.8 Å². The summed E-state index contributed by atoms with van der Waals surface area (Å²) in [6.45, 7) is -0.555. The fourth-order valence-corrected chi connectivity index (χ4v) is 7.34. The average Bonchev–Trinajstić information content (AvgIpc) is 3.10. The van der Waals surface area contributed by atoms with Gasteiger partial charge >= 0.3 is 0 Å². The highest BCUT2D eigenvalue weighted by molar-refractivity contribution is 7.92. The van der Waals surface area contributed by atoms with Gasteiger partial charge < -0.3 is 15.0 Å².